The summed E-state index contributed by atoms with van der Waals surface area (Å²) in [6.45, 7) is 6.95. The summed E-state index contributed by atoms with van der Waals surface area (Å²) < 4.78 is 5.31. The second-order valence-corrected chi connectivity index (χ2v) is 3.77. The second kappa shape index (κ2) is 5.83. The molecule has 3 nitrogen and oxygen atoms in total. The first-order chi connectivity index (χ1) is 7.13. The van der Waals surface area contributed by atoms with Gasteiger partial charge in [0.1, 0.15) is 6.10 Å². The Morgan fingerprint density at radius 2 is 1.93 bits per heavy atom. The van der Waals surface area contributed by atoms with Crippen molar-refractivity contribution in [1.82, 2.24) is 4.98 Å². The van der Waals surface area contributed by atoms with Gasteiger partial charge in [0.05, 0.1) is 6.61 Å². The fourth-order valence-corrected chi connectivity index (χ4v) is 1.49. The van der Waals surface area contributed by atoms with E-state index in [-0.39, 0.29) is 0 Å². The van der Waals surface area contributed by atoms with Crippen molar-refractivity contribution in [3.63, 3.8) is 0 Å². The highest BCUT2D eigenvalue weighted by molar-refractivity contribution is 5.22. The Kier molecular flexibility index (Phi) is 4.72. The van der Waals surface area contributed by atoms with Crippen LogP contribution in [0.1, 0.15) is 36.4 Å². The summed E-state index contributed by atoms with van der Waals surface area (Å²) in [7, 11) is 0. The monoisotopic (exact) mass is 209 g/mol. The first kappa shape index (κ1) is 12.1. The normalized spacial score (nSPS) is 12.8. The van der Waals surface area contributed by atoms with E-state index in [9.17, 15) is 5.11 Å². The van der Waals surface area contributed by atoms with E-state index in [1.165, 1.54) is 0 Å². The van der Waals surface area contributed by atoms with Crippen molar-refractivity contribution < 1.29 is 9.84 Å². The molecule has 0 aliphatic rings. The van der Waals surface area contributed by atoms with E-state index in [4.69, 9.17) is 4.74 Å². The molecule has 84 valence electrons. The van der Waals surface area contributed by atoms with Crippen LogP contribution in [0.2, 0.25) is 0 Å². The molecule has 15 heavy (non-hydrogen) atoms. The van der Waals surface area contributed by atoms with Crippen molar-refractivity contribution in [2.75, 3.05) is 13.2 Å². The van der Waals surface area contributed by atoms with Gasteiger partial charge in [0.2, 0.25) is 0 Å². The van der Waals surface area contributed by atoms with Crippen LogP contribution in [-0.4, -0.2) is 23.3 Å². The summed E-state index contributed by atoms with van der Waals surface area (Å²) in [4.78, 5) is 4.26. The Morgan fingerprint density at radius 3 is 2.47 bits per heavy atom. The van der Waals surface area contributed by atoms with Gasteiger partial charge in [0.15, 0.2) is 0 Å². The minimum atomic E-state index is -0.544. The first-order valence-electron chi connectivity index (χ1n) is 5.34. The van der Waals surface area contributed by atoms with Crippen LogP contribution >= 0.6 is 0 Å². The lowest BCUT2D eigenvalue weighted by Crippen LogP contribution is -2.08. The van der Waals surface area contributed by atoms with Crippen LogP contribution in [0.15, 0.2) is 12.1 Å². The number of aryl methyl sites for hydroxylation is 2. The number of hydrogen-bond donors (Lipinski definition) is 1. The van der Waals surface area contributed by atoms with Crippen molar-refractivity contribution in [2.24, 2.45) is 0 Å². The molecule has 1 atom stereocenters. The molecule has 1 heterocycles. The molecule has 1 N–H and O–H groups in total. The Labute approximate surface area is 91.1 Å². The van der Waals surface area contributed by atoms with Crippen LogP contribution in [0, 0.1) is 13.8 Å². The minimum absolute atomic E-state index is 0.358. The summed E-state index contributed by atoms with van der Waals surface area (Å²) in [5.41, 5.74) is 2.75. The minimum Gasteiger partial charge on any atom is -0.386 e. The van der Waals surface area contributed by atoms with Crippen LogP contribution in [0.5, 0.6) is 0 Å². The van der Waals surface area contributed by atoms with Gasteiger partial charge in [-0.25, -0.2) is 0 Å². The number of aliphatic hydroxyl groups is 1. The van der Waals surface area contributed by atoms with Crippen molar-refractivity contribution in [2.45, 2.75) is 33.3 Å². The standard InChI is InChI=1S/C12H19NO2/c1-4-5-15-8-12(14)11-6-9(2)13-10(3)7-11/h6-7,12,14H,4-5,8H2,1-3H3. The van der Waals surface area contributed by atoms with Gasteiger partial charge in [0, 0.05) is 18.0 Å². The number of aromatic nitrogens is 1. The third-order valence-electron chi connectivity index (χ3n) is 2.11. The number of pyridine rings is 1. The molecule has 1 unspecified atom stereocenters. The van der Waals surface area contributed by atoms with E-state index in [1.54, 1.807) is 0 Å². The van der Waals surface area contributed by atoms with E-state index in [0.717, 1.165) is 23.4 Å². The zero-order chi connectivity index (χ0) is 11.3. The van der Waals surface area contributed by atoms with Gasteiger partial charge in [0.25, 0.3) is 0 Å². The second-order valence-electron chi connectivity index (χ2n) is 3.77. The Balaban J connectivity index is 2.60. The maximum absolute atomic E-state index is 9.84. The Bertz CT molecular complexity index is 292. The van der Waals surface area contributed by atoms with Crippen LogP contribution in [0.4, 0.5) is 0 Å². The average Bonchev–Trinajstić information content (AvgIpc) is 2.16. The molecular formula is C12H19NO2. The highest BCUT2D eigenvalue weighted by atomic mass is 16.5. The molecular weight excluding hydrogens is 190 g/mol. The largest absolute Gasteiger partial charge is 0.386 e. The first-order valence-corrected chi connectivity index (χ1v) is 5.34. The lowest BCUT2D eigenvalue weighted by molar-refractivity contribution is 0.0363. The fraction of sp³-hybridized carbons (Fsp3) is 0.583. The van der Waals surface area contributed by atoms with Crippen molar-refractivity contribution >= 4 is 0 Å². The van der Waals surface area contributed by atoms with E-state index in [0.29, 0.717) is 13.2 Å². The van der Waals surface area contributed by atoms with Gasteiger partial charge < -0.3 is 9.84 Å². The molecule has 1 aromatic heterocycles. The van der Waals surface area contributed by atoms with E-state index < -0.39 is 6.10 Å². The zero-order valence-corrected chi connectivity index (χ0v) is 9.66. The maximum atomic E-state index is 9.84. The predicted molar refractivity (Wildman–Crippen MR) is 59.8 cm³/mol. The molecule has 0 fully saturated rings. The zero-order valence-electron chi connectivity index (χ0n) is 9.66. The molecule has 0 spiro atoms. The maximum Gasteiger partial charge on any atom is 0.102 e. The van der Waals surface area contributed by atoms with Crippen LogP contribution in [-0.2, 0) is 4.74 Å². The highest BCUT2D eigenvalue weighted by Crippen LogP contribution is 2.15. The van der Waals surface area contributed by atoms with Crippen LogP contribution < -0.4 is 0 Å². The predicted octanol–water partition coefficient (Wildman–Crippen LogP) is 2.16. The van der Waals surface area contributed by atoms with Crippen molar-refractivity contribution in [3.8, 4) is 0 Å². The molecule has 0 amide bonds. The number of aliphatic hydroxyl groups excluding tert-OH is 1. The molecule has 0 aromatic carbocycles. The number of ether oxygens (including phenoxy) is 1. The number of hydrogen-bond acceptors (Lipinski definition) is 3. The van der Waals surface area contributed by atoms with E-state index >= 15 is 0 Å². The summed E-state index contributed by atoms with van der Waals surface area (Å²) in [6.07, 6.45) is 0.429. The Hall–Kier alpha value is -0.930. The molecule has 0 radical (unpaired) electrons. The fourth-order valence-electron chi connectivity index (χ4n) is 1.49. The summed E-state index contributed by atoms with van der Waals surface area (Å²) in [5, 5.41) is 9.84. The SMILES string of the molecule is CCCOCC(O)c1cc(C)nc(C)c1. The molecule has 3 heteroatoms. The van der Waals surface area contributed by atoms with Gasteiger partial charge in [-0.1, -0.05) is 6.92 Å². The lowest BCUT2D eigenvalue weighted by Gasteiger charge is -2.12. The molecule has 1 aromatic rings. The third-order valence-corrected chi connectivity index (χ3v) is 2.11. The quantitative estimate of drug-likeness (QED) is 0.756. The molecule has 1 rings (SSSR count). The molecule has 0 aliphatic carbocycles. The topological polar surface area (TPSA) is 42.4 Å². The van der Waals surface area contributed by atoms with Crippen LogP contribution in [0.25, 0.3) is 0 Å². The molecule has 0 aliphatic heterocycles. The number of rotatable bonds is 5. The van der Waals surface area contributed by atoms with Gasteiger partial charge >= 0.3 is 0 Å². The molecule has 0 saturated carbocycles. The molecule has 0 bridgehead atoms. The molecule has 0 saturated heterocycles. The van der Waals surface area contributed by atoms with Gasteiger partial charge in [-0.3, -0.25) is 4.98 Å². The summed E-state index contributed by atoms with van der Waals surface area (Å²) in [6, 6.07) is 3.79. The highest BCUT2D eigenvalue weighted by Gasteiger charge is 2.08. The smallest absolute Gasteiger partial charge is 0.102 e. The van der Waals surface area contributed by atoms with Crippen molar-refractivity contribution in [3.05, 3.63) is 29.1 Å². The van der Waals surface area contributed by atoms with Crippen LogP contribution in [0.3, 0.4) is 0 Å². The van der Waals surface area contributed by atoms with Gasteiger partial charge in [-0.05, 0) is 38.0 Å². The van der Waals surface area contributed by atoms with E-state index in [2.05, 4.69) is 4.98 Å². The third kappa shape index (κ3) is 3.98. The Morgan fingerprint density at radius 1 is 1.33 bits per heavy atom. The summed E-state index contributed by atoms with van der Waals surface area (Å²) in [5.74, 6) is 0. The summed E-state index contributed by atoms with van der Waals surface area (Å²) >= 11 is 0. The van der Waals surface area contributed by atoms with Gasteiger partial charge in [-0.15, -0.1) is 0 Å². The average molecular weight is 209 g/mol. The van der Waals surface area contributed by atoms with Gasteiger partial charge in [-0.2, -0.15) is 0 Å². The number of nitrogens with zero attached hydrogens (tertiary/aromatic N) is 1. The van der Waals surface area contributed by atoms with Crippen molar-refractivity contribution in [1.29, 1.82) is 0 Å². The lowest BCUT2D eigenvalue weighted by atomic mass is 10.1. The van der Waals surface area contributed by atoms with E-state index in [1.807, 2.05) is 32.9 Å².